The Hall–Kier alpha value is -3.03. The van der Waals surface area contributed by atoms with Gasteiger partial charge >= 0.3 is 19.4 Å². The van der Waals surface area contributed by atoms with E-state index >= 15 is 0 Å². The van der Waals surface area contributed by atoms with Crippen LogP contribution in [0.4, 0.5) is 5.82 Å². The van der Waals surface area contributed by atoms with Crippen molar-refractivity contribution in [1.29, 1.82) is 0 Å². The number of rotatable bonds is 12. The number of nitrogens with one attached hydrogen (secondary N) is 1. The number of aliphatic hydroxyl groups is 2. The normalized spacial score (nSPS) is 24.3. The topological polar surface area (TPSA) is 184 Å². The molecule has 0 saturated carbocycles. The number of anilines is 1. The van der Waals surface area contributed by atoms with Crippen LogP contribution in [-0.2, 0) is 23.4 Å². The van der Waals surface area contributed by atoms with E-state index < -0.39 is 56.1 Å². The van der Waals surface area contributed by atoms with Crippen LogP contribution in [-0.4, -0.2) is 62.8 Å². The van der Waals surface area contributed by atoms with E-state index in [2.05, 4.69) is 10.1 Å². The van der Waals surface area contributed by atoms with E-state index in [0.29, 0.717) is 22.2 Å². The third kappa shape index (κ3) is 6.95. The molecule has 13 nitrogen and oxygen atoms in total. The van der Waals surface area contributed by atoms with Gasteiger partial charge in [0.2, 0.25) is 0 Å². The monoisotopic (exact) mass is 624 g/mol. The van der Waals surface area contributed by atoms with Crippen molar-refractivity contribution in [2.24, 2.45) is 0 Å². The highest BCUT2D eigenvalue weighted by Gasteiger charge is 2.54. The summed E-state index contributed by atoms with van der Waals surface area (Å²) in [6, 6.07) is 10.3. The molecule has 0 radical (unpaired) electrons. The molecule has 1 aliphatic rings. The lowest BCUT2D eigenvalue weighted by Gasteiger charge is -2.27. The summed E-state index contributed by atoms with van der Waals surface area (Å²) in [5, 5.41) is 26.1. The van der Waals surface area contributed by atoms with Gasteiger partial charge in [0.1, 0.15) is 35.4 Å². The number of unbranched alkanes of at least 4 members (excludes halogenated alkanes) is 1. The average molecular weight is 625 g/mol. The number of nitrogen functional groups attached to an aromatic ring is 1. The van der Waals surface area contributed by atoms with E-state index in [0.717, 1.165) is 11.0 Å². The number of nitrogens with two attached hydrogens (primary N) is 1. The van der Waals surface area contributed by atoms with Gasteiger partial charge in [0.05, 0.1) is 13.2 Å². The first-order chi connectivity index (χ1) is 19.9. The van der Waals surface area contributed by atoms with Gasteiger partial charge in [-0.3, -0.25) is 13.9 Å². The van der Waals surface area contributed by atoms with Gasteiger partial charge in [-0.25, -0.2) is 9.36 Å². The maximum absolute atomic E-state index is 14.1. The van der Waals surface area contributed by atoms with Gasteiger partial charge in [-0.05, 0) is 38.5 Å². The van der Waals surface area contributed by atoms with Crippen molar-refractivity contribution in [1.82, 2.24) is 14.6 Å². The van der Waals surface area contributed by atoms with Crippen molar-refractivity contribution >= 4 is 41.9 Å². The quantitative estimate of drug-likeness (QED) is 0.131. The van der Waals surface area contributed by atoms with Gasteiger partial charge in [-0.1, -0.05) is 49.2 Å². The SMILES string of the molecule is CCCCOC(=O)[C@H](C)NP(=O)(OC[C@H]1O[C@@H](n2ccc(N)nc2=O)[C@](C)(O)[C@@H]1O)Oc1ccc(Cl)c2ccccc12. The Labute approximate surface area is 247 Å². The number of halogens is 1. The average Bonchev–Trinajstić information content (AvgIpc) is 3.17. The lowest BCUT2D eigenvalue weighted by Crippen LogP contribution is -2.46. The first-order valence-corrected chi connectivity index (χ1v) is 15.2. The number of carbonyl (C=O) groups excluding carboxylic acids is 1. The number of hydrogen-bond donors (Lipinski definition) is 4. The number of benzene rings is 2. The number of aromatic nitrogens is 2. The number of carbonyl (C=O) groups is 1. The van der Waals surface area contributed by atoms with Crippen LogP contribution in [0.1, 0.15) is 39.8 Å². The predicted octanol–water partition coefficient (Wildman–Crippen LogP) is 3.17. The second-order valence-corrected chi connectivity index (χ2v) is 12.2. The minimum absolute atomic E-state index is 0.0319. The summed E-state index contributed by atoms with van der Waals surface area (Å²) in [4.78, 5) is 28.6. The van der Waals surface area contributed by atoms with Gasteiger partial charge in [-0.15, -0.1) is 0 Å². The molecule has 2 heterocycles. The molecule has 3 aromatic rings. The zero-order chi connectivity index (χ0) is 30.7. The van der Waals surface area contributed by atoms with E-state index in [1.807, 2.05) is 6.92 Å². The molecule has 1 aromatic heterocycles. The Morgan fingerprint density at radius 3 is 2.69 bits per heavy atom. The van der Waals surface area contributed by atoms with Crippen molar-refractivity contribution in [2.45, 2.75) is 63.7 Å². The first kappa shape index (κ1) is 31.9. The summed E-state index contributed by atoms with van der Waals surface area (Å²) < 4.78 is 37.7. The molecule has 1 aliphatic heterocycles. The van der Waals surface area contributed by atoms with Gasteiger partial charge < -0.3 is 29.9 Å². The highest BCUT2D eigenvalue weighted by molar-refractivity contribution is 7.52. The number of fused-ring (bicyclic) bond motifs is 1. The van der Waals surface area contributed by atoms with Crippen molar-refractivity contribution in [3.8, 4) is 5.75 Å². The standard InChI is InChI=1S/C27H34ClN4O9P/c1-4-5-14-38-24(34)16(2)31-42(37,41-20-11-10-19(28)17-8-6-7-9-18(17)20)39-15-21-23(33)27(3,36)25(40-21)32-13-12-22(29)30-26(32)35/h6-13,16,21,23,25,33,36H,4-5,14-15H2,1-3H3,(H,31,37)(H2,29,30,35)/t16-,21+,23+,25+,27+,42?/m0/s1. The maximum Gasteiger partial charge on any atom is 0.459 e. The van der Waals surface area contributed by atoms with E-state index in [1.54, 1.807) is 30.3 Å². The number of hydrogen-bond acceptors (Lipinski definition) is 11. The van der Waals surface area contributed by atoms with Crippen LogP contribution in [0.3, 0.4) is 0 Å². The Morgan fingerprint density at radius 1 is 1.29 bits per heavy atom. The van der Waals surface area contributed by atoms with E-state index in [9.17, 15) is 24.4 Å². The molecule has 5 N–H and O–H groups in total. The highest BCUT2D eigenvalue weighted by atomic mass is 35.5. The third-order valence-electron chi connectivity index (χ3n) is 6.76. The first-order valence-electron chi connectivity index (χ1n) is 13.3. The largest absolute Gasteiger partial charge is 0.465 e. The van der Waals surface area contributed by atoms with Crippen molar-refractivity contribution in [3.63, 3.8) is 0 Å². The third-order valence-corrected chi connectivity index (χ3v) is 8.72. The molecule has 228 valence electrons. The fraction of sp³-hybridized carbons (Fsp3) is 0.444. The number of aliphatic hydroxyl groups excluding tert-OH is 1. The van der Waals surface area contributed by atoms with Crippen molar-refractivity contribution in [2.75, 3.05) is 18.9 Å². The van der Waals surface area contributed by atoms with Crippen LogP contribution in [0.15, 0.2) is 53.5 Å². The van der Waals surface area contributed by atoms with E-state index in [1.165, 1.54) is 32.2 Å². The van der Waals surface area contributed by atoms with E-state index in [4.69, 9.17) is 35.9 Å². The lowest BCUT2D eigenvalue weighted by molar-refractivity contribution is -0.145. The molecule has 2 aromatic carbocycles. The van der Waals surface area contributed by atoms with Crippen molar-refractivity contribution in [3.05, 3.63) is 64.2 Å². The van der Waals surface area contributed by atoms with Crippen LogP contribution in [0.5, 0.6) is 5.75 Å². The zero-order valence-corrected chi connectivity index (χ0v) is 25.0. The summed E-state index contributed by atoms with van der Waals surface area (Å²) >= 11 is 6.32. The smallest absolute Gasteiger partial charge is 0.459 e. The van der Waals surface area contributed by atoms with Gasteiger partial charge in [0, 0.05) is 22.0 Å². The van der Waals surface area contributed by atoms with Gasteiger partial charge in [0.25, 0.3) is 0 Å². The lowest BCUT2D eigenvalue weighted by atomic mass is 9.96. The zero-order valence-electron chi connectivity index (χ0n) is 23.3. The second kappa shape index (κ2) is 13.1. The fourth-order valence-electron chi connectivity index (χ4n) is 4.42. The molecule has 0 spiro atoms. The Bertz CT molecular complexity index is 1530. The van der Waals surface area contributed by atoms with Crippen molar-refractivity contribution < 1.29 is 38.1 Å². The Balaban J connectivity index is 1.59. The summed E-state index contributed by atoms with van der Waals surface area (Å²) in [7, 11) is -4.40. The maximum atomic E-state index is 14.1. The molecule has 1 fully saturated rings. The molecular formula is C27H34ClN4O9P. The molecule has 0 bridgehead atoms. The minimum Gasteiger partial charge on any atom is -0.465 e. The molecule has 1 unspecified atom stereocenters. The van der Waals surface area contributed by atoms with Crippen LogP contribution in [0, 0.1) is 0 Å². The van der Waals surface area contributed by atoms with E-state index in [-0.39, 0.29) is 18.2 Å². The molecule has 15 heteroatoms. The summed E-state index contributed by atoms with van der Waals surface area (Å²) in [5.74, 6) is -0.558. The molecule has 1 saturated heterocycles. The summed E-state index contributed by atoms with van der Waals surface area (Å²) in [6.07, 6.45) is -1.49. The molecule has 0 amide bonds. The fourth-order valence-corrected chi connectivity index (χ4v) is 6.17. The summed E-state index contributed by atoms with van der Waals surface area (Å²) in [6.45, 7) is 4.28. The van der Waals surface area contributed by atoms with Crippen LogP contribution in [0.2, 0.25) is 5.02 Å². The number of esters is 1. The van der Waals surface area contributed by atoms with Crippen LogP contribution >= 0.6 is 19.3 Å². The highest BCUT2D eigenvalue weighted by Crippen LogP contribution is 2.49. The minimum atomic E-state index is -4.40. The van der Waals surface area contributed by atoms with Crippen LogP contribution in [0.25, 0.3) is 10.8 Å². The number of ether oxygens (including phenoxy) is 2. The molecule has 0 aliphatic carbocycles. The molecule has 4 rings (SSSR count). The molecule has 6 atom stereocenters. The van der Waals surface area contributed by atoms with Crippen LogP contribution < -0.4 is 21.0 Å². The molecular weight excluding hydrogens is 591 g/mol. The van der Waals surface area contributed by atoms with Gasteiger partial charge in [-0.2, -0.15) is 10.1 Å². The summed E-state index contributed by atoms with van der Waals surface area (Å²) in [5.41, 5.74) is 2.77. The van der Waals surface area contributed by atoms with Gasteiger partial charge in [0.15, 0.2) is 6.23 Å². The second-order valence-electron chi connectivity index (χ2n) is 10.1. The predicted molar refractivity (Wildman–Crippen MR) is 155 cm³/mol. The molecule has 42 heavy (non-hydrogen) atoms. The Morgan fingerprint density at radius 2 is 2.00 bits per heavy atom. The number of nitrogens with zero attached hydrogens (tertiary/aromatic N) is 2. The Kier molecular flexibility index (Phi) is 9.94.